The summed E-state index contributed by atoms with van der Waals surface area (Å²) < 4.78 is 65.8. The highest BCUT2D eigenvalue weighted by atomic mass is 32.2. The van der Waals surface area contributed by atoms with Gasteiger partial charge in [-0.3, -0.25) is 0 Å². The number of halogens is 3. The van der Waals surface area contributed by atoms with Gasteiger partial charge in [0, 0.05) is 12.6 Å². The molecule has 2 heterocycles. The molecule has 0 unspecified atom stereocenters. The minimum absolute atomic E-state index is 0.0675. The Hall–Kier alpha value is -2.37. The summed E-state index contributed by atoms with van der Waals surface area (Å²) in [5.74, 6) is -0.864. The molecule has 1 aliphatic carbocycles. The SMILES string of the molecule is CNc1nc(N)nc(-c2cn(S(=O)(=O)C3CC3)nc2C)c1C(F)(F)F. The minimum atomic E-state index is -4.77. The van der Waals surface area contributed by atoms with Gasteiger partial charge >= 0.3 is 6.18 Å². The van der Waals surface area contributed by atoms with Crippen molar-refractivity contribution < 1.29 is 21.6 Å². The lowest BCUT2D eigenvalue weighted by Crippen LogP contribution is -2.18. The molecule has 1 aliphatic rings. The third kappa shape index (κ3) is 3.01. The number of nitrogens with zero attached hydrogens (tertiary/aromatic N) is 4. The molecule has 3 rings (SSSR count). The number of nitrogen functional groups attached to an aromatic ring is 1. The highest BCUT2D eigenvalue weighted by molar-refractivity contribution is 7.90. The standard InChI is InChI=1S/C13H15F3N6O2S/c1-6-8(5-22(21-6)25(23,24)7-3-4-7)10-9(13(14,15)16)11(18-2)20-12(17)19-10/h5,7H,3-4H2,1-2H3,(H3,17,18,19,20). The molecule has 0 atom stereocenters. The summed E-state index contributed by atoms with van der Waals surface area (Å²) in [5.41, 5.74) is 3.89. The quantitative estimate of drug-likeness (QED) is 0.833. The van der Waals surface area contributed by atoms with Gasteiger partial charge in [-0.05, 0) is 19.8 Å². The molecule has 2 aromatic rings. The van der Waals surface area contributed by atoms with Crippen LogP contribution in [0.1, 0.15) is 24.1 Å². The normalized spacial score (nSPS) is 15.4. The van der Waals surface area contributed by atoms with E-state index in [1.54, 1.807) is 0 Å². The summed E-state index contributed by atoms with van der Waals surface area (Å²) in [6, 6.07) is 0. The van der Waals surface area contributed by atoms with Crippen LogP contribution in [-0.2, 0) is 16.2 Å². The van der Waals surface area contributed by atoms with E-state index in [4.69, 9.17) is 5.73 Å². The third-order valence-corrected chi connectivity index (χ3v) is 5.81. The van der Waals surface area contributed by atoms with E-state index >= 15 is 0 Å². The molecule has 0 spiro atoms. The topological polar surface area (TPSA) is 116 Å². The van der Waals surface area contributed by atoms with Gasteiger partial charge in [0.05, 0.1) is 22.8 Å². The molecule has 0 amide bonds. The smallest absolute Gasteiger partial charge is 0.372 e. The Kier molecular flexibility index (Phi) is 3.89. The van der Waals surface area contributed by atoms with Gasteiger partial charge in [-0.15, -0.1) is 0 Å². The number of anilines is 2. The zero-order valence-corrected chi connectivity index (χ0v) is 14.1. The van der Waals surface area contributed by atoms with Crippen LogP contribution in [0.25, 0.3) is 11.3 Å². The molecule has 0 saturated heterocycles. The molecule has 0 aromatic carbocycles. The predicted octanol–water partition coefficient (Wildman–Crippen LogP) is 1.63. The lowest BCUT2D eigenvalue weighted by Gasteiger charge is -2.15. The van der Waals surface area contributed by atoms with E-state index < -0.39 is 38.5 Å². The molecule has 136 valence electrons. The minimum Gasteiger partial charge on any atom is -0.372 e. The van der Waals surface area contributed by atoms with Crippen molar-refractivity contribution in [2.24, 2.45) is 0 Å². The number of alkyl halides is 3. The maximum Gasteiger partial charge on any atom is 0.422 e. The van der Waals surface area contributed by atoms with E-state index in [1.807, 2.05) is 0 Å². The van der Waals surface area contributed by atoms with Crippen LogP contribution in [0.4, 0.5) is 24.9 Å². The van der Waals surface area contributed by atoms with E-state index in [1.165, 1.54) is 14.0 Å². The maximum absolute atomic E-state index is 13.5. The Labute approximate surface area is 141 Å². The van der Waals surface area contributed by atoms with Crippen molar-refractivity contribution in [1.82, 2.24) is 19.2 Å². The van der Waals surface area contributed by atoms with Gasteiger partial charge in [0.25, 0.3) is 10.0 Å². The first-order valence-electron chi connectivity index (χ1n) is 7.29. The van der Waals surface area contributed by atoms with E-state index in [0.717, 1.165) is 6.20 Å². The second kappa shape index (κ2) is 5.58. The van der Waals surface area contributed by atoms with Crippen LogP contribution < -0.4 is 11.1 Å². The number of nitrogens with two attached hydrogens (primary N) is 1. The van der Waals surface area contributed by atoms with Crippen molar-refractivity contribution in [3.63, 3.8) is 0 Å². The fraction of sp³-hybridized carbons (Fsp3) is 0.462. The van der Waals surface area contributed by atoms with Crippen molar-refractivity contribution in [1.29, 1.82) is 0 Å². The van der Waals surface area contributed by atoms with Crippen molar-refractivity contribution in [3.8, 4) is 11.3 Å². The Morgan fingerprint density at radius 2 is 1.96 bits per heavy atom. The van der Waals surface area contributed by atoms with Crippen LogP contribution in [0.15, 0.2) is 6.20 Å². The van der Waals surface area contributed by atoms with Gasteiger partial charge in [-0.25, -0.2) is 13.4 Å². The summed E-state index contributed by atoms with van der Waals surface area (Å²) in [4.78, 5) is 7.25. The first kappa shape index (κ1) is 17.5. The average Bonchev–Trinajstić information content (AvgIpc) is 3.28. The fourth-order valence-electron chi connectivity index (χ4n) is 2.44. The molecule has 12 heteroatoms. The number of hydrogen-bond acceptors (Lipinski definition) is 7. The van der Waals surface area contributed by atoms with E-state index in [9.17, 15) is 21.6 Å². The molecular formula is C13H15F3N6O2S. The van der Waals surface area contributed by atoms with Gasteiger partial charge in [0.2, 0.25) is 5.95 Å². The van der Waals surface area contributed by atoms with Crippen LogP contribution >= 0.6 is 0 Å². The molecule has 2 aromatic heterocycles. The summed E-state index contributed by atoms with van der Waals surface area (Å²) in [7, 11) is -2.44. The number of rotatable bonds is 4. The number of aromatic nitrogens is 4. The number of nitrogens with one attached hydrogen (secondary N) is 1. The zero-order chi connectivity index (χ0) is 18.6. The summed E-state index contributed by atoms with van der Waals surface area (Å²) in [6.07, 6.45) is -2.71. The molecule has 3 N–H and O–H groups in total. The summed E-state index contributed by atoms with van der Waals surface area (Å²) in [6.45, 7) is 1.41. The van der Waals surface area contributed by atoms with Crippen LogP contribution in [0.3, 0.4) is 0 Å². The van der Waals surface area contributed by atoms with Crippen LogP contribution in [0.5, 0.6) is 0 Å². The molecule has 0 bridgehead atoms. The maximum atomic E-state index is 13.5. The molecule has 0 radical (unpaired) electrons. The Morgan fingerprint density at radius 1 is 1.32 bits per heavy atom. The molecule has 25 heavy (non-hydrogen) atoms. The Morgan fingerprint density at radius 3 is 2.48 bits per heavy atom. The van der Waals surface area contributed by atoms with Gasteiger partial charge in [-0.2, -0.15) is 27.3 Å². The van der Waals surface area contributed by atoms with E-state index in [0.29, 0.717) is 16.9 Å². The van der Waals surface area contributed by atoms with Crippen LogP contribution in [-0.4, -0.2) is 39.9 Å². The number of hydrogen-bond donors (Lipinski definition) is 2. The molecule has 1 fully saturated rings. The summed E-state index contributed by atoms with van der Waals surface area (Å²) >= 11 is 0. The first-order valence-corrected chi connectivity index (χ1v) is 8.79. The van der Waals surface area contributed by atoms with Crippen molar-refractivity contribution >= 4 is 21.8 Å². The van der Waals surface area contributed by atoms with Crippen molar-refractivity contribution in [2.75, 3.05) is 18.1 Å². The average molecular weight is 376 g/mol. The van der Waals surface area contributed by atoms with Crippen LogP contribution in [0.2, 0.25) is 0 Å². The first-order chi connectivity index (χ1) is 11.6. The highest BCUT2D eigenvalue weighted by Gasteiger charge is 2.41. The van der Waals surface area contributed by atoms with Crippen molar-refractivity contribution in [2.45, 2.75) is 31.2 Å². The van der Waals surface area contributed by atoms with Crippen molar-refractivity contribution in [3.05, 3.63) is 17.5 Å². The molecule has 8 nitrogen and oxygen atoms in total. The molecular weight excluding hydrogens is 361 g/mol. The molecule has 1 saturated carbocycles. The second-order valence-corrected chi connectivity index (χ2v) is 7.72. The lowest BCUT2D eigenvalue weighted by molar-refractivity contribution is -0.136. The monoisotopic (exact) mass is 376 g/mol. The predicted molar refractivity (Wildman–Crippen MR) is 84.3 cm³/mol. The van der Waals surface area contributed by atoms with E-state index in [-0.39, 0.29) is 17.2 Å². The fourth-order valence-corrected chi connectivity index (χ4v) is 3.96. The third-order valence-electron chi connectivity index (χ3n) is 3.79. The summed E-state index contributed by atoms with van der Waals surface area (Å²) in [5, 5.41) is 5.66. The van der Waals surface area contributed by atoms with Gasteiger partial charge in [0.1, 0.15) is 11.4 Å². The van der Waals surface area contributed by atoms with Crippen LogP contribution in [0, 0.1) is 6.92 Å². The zero-order valence-electron chi connectivity index (χ0n) is 13.3. The van der Waals surface area contributed by atoms with Gasteiger partial charge in [-0.1, -0.05) is 0 Å². The highest BCUT2D eigenvalue weighted by Crippen LogP contribution is 2.41. The number of aryl methyl sites for hydroxylation is 1. The van der Waals surface area contributed by atoms with Gasteiger partial charge < -0.3 is 11.1 Å². The van der Waals surface area contributed by atoms with E-state index in [2.05, 4.69) is 20.4 Å². The second-order valence-electron chi connectivity index (χ2n) is 5.65. The Bertz CT molecular complexity index is 934. The Balaban J connectivity index is 2.24. The largest absolute Gasteiger partial charge is 0.422 e. The molecule has 0 aliphatic heterocycles. The van der Waals surface area contributed by atoms with Gasteiger partial charge in [0.15, 0.2) is 0 Å². The lowest BCUT2D eigenvalue weighted by atomic mass is 10.1.